The molecule has 0 bridgehead atoms. The van der Waals surface area contributed by atoms with Crippen molar-refractivity contribution in [2.24, 2.45) is 0 Å². The first-order valence-electron chi connectivity index (χ1n) is 8.06. The number of rotatable bonds is 6. The summed E-state index contributed by atoms with van der Waals surface area (Å²) in [7, 11) is 0. The molecule has 0 aromatic heterocycles. The van der Waals surface area contributed by atoms with Crippen LogP contribution in [0.4, 0.5) is 0 Å². The van der Waals surface area contributed by atoms with Crippen molar-refractivity contribution in [2.45, 2.75) is 51.1 Å². The highest BCUT2D eigenvalue weighted by atomic mass is 16.5. The summed E-state index contributed by atoms with van der Waals surface area (Å²) in [5.41, 5.74) is 0. The first-order valence-corrected chi connectivity index (χ1v) is 8.06. The molecule has 6 nitrogen and oxygen atoms in total. The van der Waals surface area contributed by atoms with E-state index in [9.17, 15) is 9.59 Å². The number of hydrogen-bond donors (Lipinski definition) is 2. The average molecular weight is 297 g/mol. The van der Waals surface area contributed by atoms with Crippen molar-refractivity contribution in [3.63, 3.8) is 0 Å². The Balaban J connectivity index is 1.60. The van der Waals surface area contributed by atoms with Gasteiger partial charge in [-0.25, -0.2) is 0 Å². The largest absolute Gasteiger partial charge is 0.378 e. The molecule has 1 atom stereocenters. The molecule has 21 heavy (non-hydrogen) atoms. The molecule has 1 aliphatic heterocycles. The highest BCUT2D eigenvalue weighted by Crippen LogP contribution is 2.17. The fraction of sp³-hybridized carbons (Fsp3) is 0.867. The molecule has 0 aromatic carbocycles. The Morgan fingerprint density at radius 1 is 1.24 bits per heavy atom. The van der Waals surface area contributed by atoms with Gasteiger partial charge in [-0.3, -0.25) is 9.59 Å². The second-order valence-electron chi connectivity index (χ2n) is 5.91. The summed E-state index contributed by atoms with van der Waals surface area (Å²) < 4.78 is 5.22. The zero-order valence-electron chi connectivity index (χ0n) is 12.9. The van der Waals surface area contributed by atoms with Gasteiger partial charge in [-0.1, -0.05) is 12.8 Å². The van der Waals surface area contributed by atoms with Gasteiger partial charge in [-0.15, -0.1) is 0 Å². The van der Waals surface area contributed by atoms with Crippen molar-refractivity contribution in [2.75, 3.05) is 32.8 Å². The zero-order valence-corrected chi connectivity index (χ0v) is 12.9. The van der Waals surface area contributed by atoms with E-state index in [-0.39, 0.29) is 17.9 Å². The van der Waals surface area contributed by atoms with E-state index in [1.165, 1.54) is 12.8 Å². The zero-order chi connectivity index (χ0) is 15.1. The summed E-state index contributed by atoms with van der Waals surface area (Å²) in [6, 6.07) is 0.0971. The van der Waals surface area contributed by atoms with Gasteiger partial charge >= 0.3 is 0 Å². The standard InChI is InChI=1S/C15H27N3O3/c1-12(15(20)17-13-4-2-3-5-13)16-7-6-14(19)18-8-10-21-11-9-18/h12-13,16H,2-11H2,1H3,(H,17,20). The summed E-state index contributed by atoms with van der Waals surface area (Å²) in [6.07, 6.45) is 5.03. The molecule has 6 heteroatoms. The number of nitrogens with one attached hydrogen (secondary N) is 2. The third-order valence-corrected chi connectivity index (χ3v) is 4.25. The topological polar surface area (TPSA) is 70.7 Å². The van der Waals surface area contributed by atoms with Gasteiger partial charge in [0, 0.05) is 32.1 Å². The number of amides is 2. The van der Waals surface area contributed by atoms with Crippen LogP contribution in [0.3, 0.4) is 0 Å². The maximum atomic E-state index is 12.0. The molecule has 2 fully saturated rings. The van der Waals surface area contributed by atoms with E-state index in [0.29, 0.717) is 45.3 Å². The lowest BCUT2D eigenvalue weighted by Crippen LogP contribution is -2.47. The van der Waals surface area contributed by atoms with Crippen LogP contribution < -0.4 is 10.6 Å². The molecule has 2 N–H and O–H groups in total. The van der Waals surface area contributed by atoms with Crippen molar-refractivity contribution >= 4 is 11.8 Å². The molecule has 0 aromatic rings. The third-order valence-electron chi connectivity index (χ3n) is 4.25. The fourth-order valence-corrected chi connectivity index (χ4v) is 2.86. The first kappa shape index (κ1) is 16.2. The van der Waals surface area contributed by atoms with Crippen LogP contribution in [0.25, 0.3) is 0 Å². The third kappa shape index (κ3) is 5.28. The molecule has 120 valence electrons. The molecule has 2 rings (SSSR count). The Morgan fingerprint density at radius 2 is 1.90 bits per heavy atom. The minimum absolute atomic E-state index is 0.0423. The highest BCUT2D eigenvalue weighted by Gasteiger charge is 2.21. The van der Waals surface area contributed by atoms with Crippen molar-refractivity contribution in [1.82, 2.24) is 15.5 Å². The predicted octanol–water partition coefficient (Wildman–Crippen LogP) is 0.272. The van der Waals surface area contributed by atoms with Crippen LogP contribution in [0.1, 0.15) is 39.0 Å². The smallest absolute Gasteiger partial charge is 0.237 e. The summed E-state index contributed by atoms with van der Waals surface area (Å²) >= 11 is 0. The maximum Gasteiger partial charge on any atom is 0.237 e. The number of hydrogen-bond acceptors (Lipinski definition) is 4. The molecular weight excluding hydrogens is 270 g/mol. The minimum Gasteiger partial charge on any atom is -0.378 e. The van der Waals surface area contributed by atoms with E-state index in [1.54, 1.807) is 0 Å². The highest BCUT2D eigenvalue weighted by molar-refractivity contribution is 5.81. The summed E-state index contributed by atoms with van der Waals surface area (Å²) in [4.78, 5) is 25.8. The predicted molar refractivity (Wildman–Crippen MR) is 79.9 cm³/mol. The van der Waals surface area contributed by atoms with E-state index >= 15 is 0 Å². The van der Waals surface area contributed by atoms with Crippen molar-refractivity contribution in [3.05, 3.63) is 0 Å². The van der Waals surface area contributed by atoms with Crippen LogP contribution in [0.2, 0.25) is 0 Å². The molecule has 1 heterocycles. The fourth-order valence-electron chi connectivity index (χ4n) is 2.86. The number of nitrogens with zero attached hydrogens (tertiary/aromatic N) is 1. The second kappa shape index (κ2) is 8.34. The van der Waals surface area contributed by atoms with Gasteiger partial charge in [0.1, 0.15) is 0 Å². The lowest BCUT2D eigenvalue weighted by molar-refractivity contribution is -0.135. The Morgan fingerprint density at radius 3 is 2.57 bits per heavy atom. The summed E-state index contributed by atoms with van der Waals surface area (Å²) in [5.74, 6) is 0.176. The van der Waals surface area contributed by atoms with Gasteiger partial charge in [0.25, 0.3) is 0 Å². The first-order chi connectivity index (χ1) is 10.2. The monoisotopic (exact) mass is 297 g/mol. The molecule has 1 saturated heterocycles. The van der Waals surface area contributed by atoms with Crippen LogP contribution in [-0.2, 0) is 14.3 Å². The van der Waals surface area contributed by atoms with Crippen molar-refractivity contribution in [1.29, 1.82) is 0 Å². The van der Waals surface area contributed by atoms with E-state index in [2.05, 4.69) is 10.6 Å². The van der Waals surface area contributed by atoms with Crippen LogP contribution in [-0.4, -0.2) is 61.6 Å². The quantitative estimate of drug-likeness (QED) is 0.738. The molecule has 2 amide bonds. The van der Waals surface area contributed by atoms with E-state index in [1.807, 2.05) is 11.8 Å². The van der Waals surface area contributed by atoms with Crippen LogP contribution in [0, 0.1) is 0 Å². The van der Waals surface area contributed by atoms with Gasteiger partial charge in [0.15, 0.2) is 0 Å². The number of ether oxygens (including phenoxy) is 1. The molecule has 1 aliphatic carbocycles. The molecule has 1 unspecified atom stereocenters. The maximum absolute atomic E-state index is 12.0. The Kier molecular flexibility index (Phi) is 6.45. The van der Waals surface area contributed by atoms with Crippen LogP contribution in [0.15, 0.2) is 0 Å². The van der Waals surface area contributed by atoms with Gasteiger partial charge in [-0.2, -0.15) is 0 Å². The van der Waals surface area contributed by atoms with E-state index < -0.39 is 0 Å². The number of carbonyl (C=O) groups excluding carboxylic acids is 2. The molecule has 0 spiro atoms. The second-order valence-corrected chi connectivity index (χ2v) is 5.91. The Bertz CT molecular complexity index is 350. The molecule has 0 radical (unpaired) electrons. The lowest BCUT2D eigenvalue weighted by atomic mass is 10.2. The van der Waals surface area contributed by atoms with Gasteiger partial charge in [0.2, 0.25) is 11.8 Å². The SMILES string of the molecule is CC(NCCC(=O)N1CCOCC1)C(=O)NC1CCCC1. The van der Waals surface area contributed by atoms with E-state index in [0.717, 1.165) is 12.8 Å². The van der Waals surface area contributed by atoms with Crippen LogP contribution >= 0.6 is 0 Å². The average Bonchev–Trinajstić information content (AvgIpc) is 3.00. The number of morpholine rings is 1. The summed E-state index contributed by atoms with van der Waals surface area (Å²) in [6.45, 7) is 4.99. The summed E-state index contributed by atoms with van der Waals surface area (Å²) in [5, 5.41) is 6.20. The van der Waals surface area contributed by atoms with Gasteiger partial charge in [0.05, 0.1) is 19.3 Å². The van der Waals surface area contributed by atoms with Crippen molar-refractivity contribution < 1.29 is 14.3 Å². The van der Waals surface area contributed by atoms with Gasteiger partial charge < -0.3 is 20.3 Å². The Labute approximate surface area is 126 Å². The lowest BCUT2D eigenvalue weighted by Gasteiger charge is -2.27. The van der Waals surface area contributed by atoms with Crippen molar-refractivity contribution in [3.8, 4) is 0 Å². The molecule has 2 aliphatic rings. The number of carbonyl (C=O) groups is 2. The minimum atomic E-state index is -0.247. The van der Waals surface area contributed by atoms with E-state index in [4.69, 9.17) is 4.74 Å². The Hall–Kier alpha value is -1.14. The normalized spacial score (nSPS) is 21.3. The van der Waals surface area contributed by atoms with Gasteiger partial charge in [-0.05, 0) is 19.8 Å². The van der Waals surface area contributed by atoms with Crippen LogP contribution in [0.5, 0.6) is 0 Å². The molecular formula is C15H27N3O3. The molecule has 1 saturated carbocycles.